The molecule has 16 heavy (non-hydrogen) atoms. The van der Waals surface area contributed by atoms with E-state index in [1.807, 2.05) is 0 Å². The van der Waals surface area contributed by atoms with Crippen molar-refractivity contribution in [3.63, 3.8) is 0 Å². The Balaban J connectivity index is 3.83. The first kappa shape index (κ1) is 16.0. The molecule has 0 saturated heterocycles. The molecule has 3 atom stereocenters. The van der Waals surface area contributed by atoms with Gasteiger partial charge in [-0.1, -0.05) is 74.1 Å². The molecule has 0 heteroatoms. The minimum absolute atomic E-state index is 0.489. The highest BCUT2D eigenvalue weighted by Crippen LogP contribution is 2.31. The van der Waals surface area contributed by atoms with E-state index in [-0.39, 0.29) is 0 Å². The lowest BCUT2D eigenvalue weighted by molar-refractivity contribution is 0.231. The van der Waals surface area contributed by atoms with Gasteiger partial charge in [0.1, 0.15) is 0 Å². The molecule has 0 aliphatic rings. The maximum atomic E-state index is 2.44. The molecule has 0 saturated carbocycles. The molecule has 0 radical (unpaired) electrons. The third-order valence-corrected chi connectivity index (χ3v) is 3.80. The summed E-state index contributed by atoms with van der Waals surface area (Å²) in [5.41, 5.74) is 0.489. The van der Waals surface area contributed by atoms with E-state index in [9.17, 15) is 0 Å². The second-order valence-electron chi connectivity index (χ2n) is 7.19. The van der Waals surface area contributed by atoms with Crippen LogP contribution >= 0.6 is 0 Å². The fourth-order valence-corrected chi connectivity index (χ4v) is 2.64. The molecule has 0 amide bonds. The van der Waals surface area contributed by atoms with Crippen molar-refractivity contribution in [2.24, 2.45) is 23.2 Å². The molecule has 0 bridgehead atoms. The van der Waals surface area contributed by atoms with Gasteiger partial charge < -0.3 is 0 Å². The molecule has 0 aromatic heterocycles. The molecule has 0 fully saturated rings. The molecule has 0 heterocycles. The monoisotopic (exact) mass is 226 g/mol. The summed E-state index contributed by atoms with van der Waals surface area (Å²) in [6.45, 7) is 16.6. The highest BCUT2D eigenvalue weighted by Gasteiger charge is 2.20. The lowest BCUT2D eigenvalue weighted by Gasteiger charge is -2.28. The van der Waals surface area contributed by atoms with Crippen molar-refractivity contribution in [2.45, 2.75) is 80.6 Å². The quantitative estimate of drug-likeness (QED) is 0.506. The highest BCUT2D eigenvalue weighted by atomic mass is 14.3. The Morgan fingerprint density at radius 2 is 1.38 bits per heavy atom. The summed E-state index contributed by atoms with van der Waals surface area (Å²) in [6.07, 6.45) is 6.94. The van der Waals surface area contributed by atoms with Crippen LogP contribution in [0.2, 0.25) is 0 Å². The molecule has 0 rings (SSSR count). The molecule has 3 unspecified atom stereocenters. The summed E-state index contributed by atoms with van der Waals surface area (Å²) in [4.78, 5) is 0. The van der Waals surface area contributed by atoms with Gasteiger partial charge in [-0.2, -0.15) is 0 Å². The van der Waals surface area contributed by atoms with E-state index in [0.717, 1.165) is 17.8 Å². The number of hydrogen-bond acceptors (Lipinski definition) is 0. The maximum Gasteiger partial charge on any atom is -0.0380 e. The van der Waals surface area contributed by atoms with Crippen molar-refractivity contribution < 1.29 is 0 Å². The topological polar surface area (TPSA) is 0 Å². The largest absolute Gasteiger partial charge is 0.0654 e. The Bertz CT molecular complexity index is 163. The third kappa shape index (κ3) is 8.19. The average molecular weight is 226 g/mol. The Morgan fingerprint density at radius 1 is 0.812 bits per heavy atom. The van der Waals surface area contributed by atoms with Gasteiger partial charge in [-0.15, -0.1) is 0 Å². The van der Waals surface area contributed by atoms with Crippen molar-refractivity contribution in [2.75, 3.05) is 0 Å². The van der Waals surface area contributed by atoms with E-state index in [4.69, 9.17) is 0 Å². The zero-order chi connectivity index (χ0) is 12.8. The standard InChI is InChI=1S/C16H34/c1-8-9-13(2)10-11-14(3)15(4)12-16(5,6)7/h13-15H,8-12H2,1-7H3. The summed E-state index contributed by atoms with van der Waals surface area (Å²) in [5.74, 6) is 2.68. The minimum atomic E-state index is 0.489. The molecule has 0 aliphatic carbocycles. The summed E-state index contributed by atoms with van der Waals surface area (Å²) >= 11 is 0. The van der Waals surface area contributed by atoms with Gasteiger partial charge >= 0.3 is 0 Å². The molecule has 0 nitrogen and oxygen atoms in total. The molecular weight excluding hydrogens is 192 g/mol. The summed E-state index contributed by atoms with van der Waals surface area (Å²) in [6, 6.07) is 0. The third-order valence-electron chi connectivity index (χ3n) is 3.80. The fraction of sp³-hybridized carbons (Fsp3) is 1.00. The van der Waals surface area contributed by atoms with Crippen molar-refractivity contribution in [3.8, 4) is 0 Å². The second-order valence-corrected chi connectivity index (χ2v) is 7.19. The summed E-state index contributed by atoms with van der Waals surface area (Å²) in [7, 11) is 0. The molecular formula is C16H34. The number of hydrogen-bond donors (Lipinski definition) is 0. The first-order valence-corrected chi connectivity index (χ1v) is 7.26. The summed E-state index contributed by atoms with van der Waals surface area (Å²) in [5, 5.41) is 0. The number of rotatable bonds is 7. The first-order valence-electron chi connectivity index (χ1n) is 7.26. The average Bonchev–Trinajstić information content (AvgIpc) is 2.11. The predicted molar refractivity (Wildman–Crippen MR) is 75.7 cm³/mol. The van der Waals surface area contributed by atoms with E-state index in [1.165, 1.54) is 32.1 Å². The van der Waals surface area contributed by atoms with Crippen molar-refractivity contribution in [3.05, 3.63) is 0 Å². The van der Waals surface area contributed by atoms with E-state index in [2.05, 4.69) is 48.5 Å². The van der Waals surface area contributed by atoms with Crippen LogP contribution < -0.4 is 0 Å². The van der Waals surface area contributed by atoms with Gasteiger partial charge in [0.25, 0.3) is 0 Å². The van der Waals surface area contributed by atoms with Crippen LogP contribution in [0.5, 0.6) is 0 Å². The van der Waals surface area contributed by atoms with E-state index < -0.39 is 0 Å². The van der Waals surface area contributed by atoms with Crippen LogP contribution in [0, 0.1) is 23.2 Å². The van der Waals surface area contributed by atoms with E-state index >= 15 is 0 Å². The molecule has 98 valence electrons. The molecule has 0 spiro atoms. The Kier molecular flexibility index (Phi) is 7.35. The molecule has 0 aromatic carbocycles. The first-order chi connectivity index (χ1) is 7.26. The van der Waals surface area contributed by atoms with Gasteiger partial charge in [-0.3, -0.25) is 0 Å². The smallest absolute Gasteiger partial charge is 0.0380 e. The summed E-state index contributed by atoms with van der Waals surface area (Å²) < 4.78 is 0. The van der Waals surface area contributed by atoms with Gasteiger partial charge in [-0.25, -0.2) is 0 Å². The second kappa shape index (κ2) is 7.35. The normalized spacial score (nSPS) is 18.2. The van der Waals surface area contributed by atoms with Crippen LogP contribution in [-0.2, 0) is 0 Å². The highest BCUT2D eigenvalue weighted by molar-refractivity contribution is 4.71. The Labute approximate surface area is 104 Å². The Morgan fingerprint density at radius 3 is 1.81 bits per heavy atom. The predicted octanol–water partition coefficient (Wildman–Crippen LogP) is 5.91. The van der Waals surface area contributed by atoms with Crippen LogP contribution in [0.3, 0.4) is 0 Å². The SMILES string of the molecule is CCCC(C)CCC(C)C(C)CC(C)(C)C. The lowest BCUT2D eigenvalue weighted by Crippen LogP contribution is -2.17. The van der Waals surface area contributed by atoms with Crippen molar-refractivity contribution in [1.82, 2.24) is 0 Å². The van der Waals surface area contributed by atoms with Gasteiger partial charge in [-0.05, 0) is 29.6 Å². The van der Waals surface area contributed by atoms with Crippen LogP contribution in [0.15, 0.2) is 0 Å². The van der Waals surface area contributed by atoms with Crippen molar-refractivity contribution in [1.29, 1.82) is 0 Å². The maximum absolute atomic E-state index is 2.44. The molecule has 0 N–H and O–H groups in total. The molecule has 0 aromatic rings. The van der Waals surface area contributed by atoms with Gasteiger partial charge in [0.05, 0.1) is 0 Å². The van der Waals surface area contributed by atoms with E-state index in [1.54, 1.807) is 0 Å². The Hall–Kier alpha value is 0. The van der Waals surface area contributed by atoms with Crippen LogP contribution in [0.25, 0.3) is 0 Å². The van der Waals surface area contributed by atoms with Crippen LogP contribution in [0.4, 0.5) is 0 Å². The van der Waals surface area contributed by atoms with Gasteiger partial charge in [0, 0.05) is 0 Å². The lowest BCUT2D eigenvalue weighted by atomic mass is 9.78. The minimum Gasteiger partial charge on any atom is -0.0654 e. The van der Waals surface area contributed by atoms with Gasteiger partial charge in [0.15, 0.2) is 0 Å². The van der Waals surface area contributed by atoms with Crippen molar-refractivity contribution >= 4 is 0 Å². The van der Waals surface area contributed by atoms with Gasteiger partial charge in [0.2, 0.25) is 0 Å². The fourth-order valence-electron chi connectivity index (χ4n) is 2.64. The van der Waals surface area contributed by atoms with E-state index in [0.29, 0.717) is 5.41 Å². The van der Waals surface area contributed by atoms with Crippen LogP contribution in [0.1, 0.15) is 80.6 Å². The van der Waals surface area contributed by atoms with Crippen LogP contribution in [-0.4, -0.2) is 0 Å². The molecule has 0 aliphatic heterocycles. The zero-order valence-corrected chi connectivity index (χ0v) is 12.8. The zero-order valence-electron chi connectivity index (χ0n) is 12.8.